The minimum absolute atomic E-state index is 0.106. The molecule has 7 nitrogen and oxygen atoms in total. The quantitative estimate of drug-likeness (QED) is 0.444. The lowest BCUT2D eigenvalue weighted by Crippen LogP contribution is -2.41. The highest BCUT2D eigenvalue weighted by Gasteiger charge is 2.31. The second kappa shape index (κ2) is 11.4. The molecule has 2 fully saturated rings. The number of amides is 1. The van der Waals surface area contributed by atoms with Crippen LogP contribution in [0.2, 0.25) is 0 Å². The molecule has 2 N–H and O–H groups in total. The summed E-state index contributed by atoms with van der Waals surface area (Å²) in [5, 5.41) is 3.62. The first-order valence-corrected chi connectivity index (χ1v) is 16.1. The van der Waals surface area contributed by atoms with E-state index in [1.165, 1.54) is 37.0 Å². The zero-order valence-electron chi connectivity index (χ0n) is 23.6. The van der Waals surface area contributed by atoms with Crippen LogP contribution in [0.4, 0.5) is 0 Å². The summed E-state index contributed by atoms with van der Waals surface area (Å²) in [6.07, 6.45) is 7.31. The molecule has 4 rings (SSSR count). The van der Waals surface area contributed by atoms with E-state index in [0.717, 1.165) is 41.0 Å². The summed E-state index contributed by atoms with van der Waals surface area (Å²) in [5.41, 5.74) is 1.62. The van der Waals surface area contributed by atoms with E-state index >= 15 is 0 Å². The molecule has 9 heteroatoms. The molecule has 0 spiro atoms. The maximum absolute atomic E-state index is 13.4. The smallest absolute Gasteiger partial charge is 0.280 e. The average molecular weight is 562 g/mol. The molecule has 1 aromatic heterocycles. The average Bonchev–Trinajstić information content (AvgIpc) is 3.48. The topological polar surface area (TPSA) is 97.4 Å². The Hall–Kier alpha value is -1.81. The van der Waals surface area contributed by atoms with Crippen molar-refractivity contribution in [2.24, 2.45) is 5.92 Å². The van der Waals surface area contributed by atoms with Gasteiger partial charge >= 0.3 is 0 Å². The predicted molar refractivity (Wildman–Crippen MR) is 153 cm³/mol. The van der Waals surface area contributed by atoms with Crippen LogP contribution in [0.3, 0.4) is 0 Å². The van der Waals surface area contributed by atoms with Gasteiger partial charge < -0.3 is 10.1 Å². The van der Waals surface area contributed by atoms with Gasteiger partial charge in [-0.1, -0.05) is 52.5 Å². The summed E-state index contributed by atoms with van der Waals surface area (Å²) >= 11 is 1.42. The van der Waals surface area contributed by atoms with Crippen LogP contribution in [-0.2, 0) is 26.6 Å². The van der Waals surface area contributed by atoms with Crippen molar-refractivity contribution in [1.82, 2.24) is 15.0 Å². The lowest BCUT2D eigenvalue weighted by atomic mass is 9.85. The Morgan fingerprint density at radius 1 is 1.05 bits per heavy atom. The van der Waals surface area contributed by atoms with Crippen LogP contribution in [0.1, 0.15) is 101 Å². The minimum atomic E-state index is -3.72. The number of nitrogens with one attached hydrogen (secondary N) is 2. The van der Waals surface area contributed by atoms with Gasteiger partial charge in [0.15, 0.2) is 5.01 Å². The minimum Gasteiger partial charge on any atom is -0.381 e. The van der Waals surface area contributed by atoms with Crippen molar-refractivity contribution in [3.8, 4) is 10.4 Å². The molecule has 2 heterocycles. The van der Waals surface area contributed by atoms with Crippen molar-refractivity contribution in [3.05, 3.63) is 34.5 Å². The first-order valence-electron chi connectivity index (χ1n) is 13.8. The number of hydrogen-bond donors (Lipinski definition) is 2. The fourth-order valence-corrected chi connectivity index (χ4v) is 8.15. The SMILES string of the molecule is CC(C)(C)NS(=O)(=O)c1ccc(-c2sc(C(=O)NC3CCOCC3)nc2CC2CCCC2)cc1C(C)(C)C. The Bertz CT molecular complexity index is 1240. The second-order valence-corrected chi connectivity index (χ2v) is 15.5. The van der Waals surface area contributed by atoms with Crippen molar-refractivity contribution in [1.29, 1.82) is 0 Å². The van der Waals surface area contributed by atoms with E-state index in [9.17, 15) is 13.2 Å². The van der Waals surface area contributed by atoms with Gasteiger partial charge in [-0.3, -0.25) is 4.79 Å². The molecule has 210 valence electrons. The summed E-state index contributed by atoms with van der Waals surface area (Å²) < 4.78 is 35.0. The molecular weight excluding hydrogens is 518 g/mol. The lowest BCUT2D eigenvalue weighted by molar-refractivity contribution is 0.0696. The van der Waals surface area contributed by atoms with E-state index in [1.54, 1.807) is 6.07 Å². The summed E-state index contributed by atoms with van der Waals surface area (Å²) in [5.74, 6) is 0.436. The fourth-order valence-electron chi connectivity index (χ4n) is 5.34. The predicted octanol–water partition coefficient (Wildman–Crippen LogP) is 5.83. The Kier molecular flexibility index (Phi) is 8.72. The van der Waals surface area contributed by atoms with Crippen molar-refractivity contribution in [3.63, 3.8) is 0 Å². The summed E-state index contributed by atoms with van der Waals surface area (Å²) in [6, 6.07) is 5.68. The largest absolute Gasteiger partial charge is 0.381 e. The van der Waals surface area contributed by atoms with Crippen LogP contribution in [0.25, 0.3) is 10.4 Å². The standard InChI is InChI=1S/C29H43N3O4S2/c1-28(2,3)22-18-20(11-12-24(22)38(34,35)32-29(4,5)6)25-23(17-19-9-7-8-10-19)31-27(37-25)26(33)30-21-13-15-36-16-14-21/h11-12,18-19,21,32H,7-10,13-17H2,1-6H3,(H,30,33). The highest BCUT2D eigenvalue weighted by atomic mass is 32.2. The Morgan fingerprint density at radius 3 is 2.32 bits per heavy atom. The highest BCUT2D eigenvalue weighted by molar-refractivity contribution is 7.89. The Morgan fingerprint density at radius 2 is 1.71 bits per heavy atom. The number of carbonyl (C=O) groups is 1. The third-order valence-corrected chi connectivity index (χ3v) is 10.1. The molecule has 2 aromatic rings. The third-order valence-electron chi connectivity index (χ3n) is 7.18. The van der Waals surface area contributed by atoms with Gasteiger partial charge in [-0.15, -0.1) is 11.3 Å². The molecular formula is C29H43N3O4S2. The number of carbonyl (C=O) groups excluding carboxylic acids is 1. The van der Waals surface area contributed by atoms with Crippen molar-refractivity contribution >= 4 is 27.3 Å². The van der Waals surface area contributed by atoms with Crippen molar-refractivity contribution in [2.45, 2.75) is 108 Å². The Labute approximate surface area is 232 Å². The highest BCUT2D eigenvalue weighted by Crippen LogP contribution is 2.39. The molecule has 1 aliphatic carbocycles. The maximum Gasteiger partial charge on any atom is 0.280 e. The molecule has 1 aliphatic heterocycles. The Balaban J connectivity index is 1.74. The molecule has 0 radical (unpaired) electrons. The van der Waals surface area contributed by atoms with Crippen LogP contribution in [0.5, 0.6) is 0 Å². The molecule has 38 heavy (non-hydrogen) atoms. The second-order valence-electron chi connectivity index (χ2n) is 12.8. The molecule has 1 aromatic carbocycles. The van der Waals surface area contributed by atoms with E-state index in [0.29, 0.717) is 29.0 Å². The molecule has 1 amide bonds. The monoisotopic (exact) mass is 561 g/mol. The van der Waals surface area contributed by atoms with Gasteiger partial charge in [0.1, 0.15) is 0 Å². The van der Waals surface area contributed by atoms with Gasteiger partial charge in [0.05, 0.1) is 15.5 Å². The van der Waals surface area contributed by atoms with Crippen LogP contribution < -0.4 is 10.0 Å². The van der Waals surface area contributed by atoms with Crippen LogP contribution in [0.15, 0.2) is 23.1 Å². The van der Waals surface area contributed by atoms with E-state index in [2.05, 4.69) is 10.0 Å². The van der Waals surface area contributed by atoms with Gasteiger partial charge in [-0.2, -0.15) is 0 Å². The molecule has 1 saturated carbocycles. The summed E-state index contributed by atoms with van der Waals surface area (Å²) in [7, 11) is -3.72. The van der Waals surface area contributed by atoms with Gasteiger partial charge in [0.25, 0.3) is 5.91 Å². The zero-order chi connectivity index (χ0) is 27.7. The molecule has 1 saturated heterocycles. The van der Waals surface area contributed by atoms with Gasteiger partial charge in [-0.25, -0.2) is 18.1 Å². The number of ether oxygens (including phenoxy) is 1. The summed E-state index contributed by atoms with van der Waals surface area (Å²) in [4.78, 5) is 19.3. The number of nitrogens with zero attached hydrogens (tertiary/aromatic N) is 1. The number of aromatic nitrogens is 1. The van der Waals surface area contributed by atoms with Crippen molar-refractivity contribution in [2.75, 3.05) is 13.2 Å². The van der Waals surface area contributed by atoms with Crippen LogP contribution >= 0.6 is 11.3 Å². The first kappa shape index (κ1) is 29.2. The van der Waals surface area contributed by atoms with Gasteiger partial charge in [0, 0.05) is 24.8 Å². The lowest BCUT2D eigenvalue weighted by Gasteiger charge is -2.26. The number of hydrogen-bond acceptors (Lipinski definition) is 6. The number of rotatable bonds is 7. The zero-order valence-corrected chi connectivity index (χ0v) is 25.3. The van der Waals surface area contributed by atoms with Gasteiger partial charge in [-0.05, 0) is 74.6 Å². The third kappa shape index (κ3) is 7.23. The van der Waals surface area contributed by atoms with E-state index < -0.39 is 21.0 Å². The fraction of sp³-hybridized carbons (Fsp3) is 0.655. The van der Waals surface area contributed by atoms with Gasteiger partial charge in [0.2, 0.25) is 10.0 Å². The first-order chi connectivity index (χ1) is 17.7. The number of benzene rings is 1. The van der Waals surface area contributed by atoms with E-state index in [-0.39, 0.29) is 11.9 Å². The molecule has 0 bridgehead atoms. The molecule has 2 aliphatic rings. The van der Waals surface area contributed by atoms with Crippen LogP contribution in [-0.4, -0.2) is 44.1 Å². The molecule has 0 atom stereocenters. The van der Waals surface area contributed by atoms with E-state index in [4.69, 9.17) is 9.72 Å². The maximum atomic E-state index is 13.4. The summed E-state index contributed by atoms with van der Waals surface area (Å²) in [6.45, 7) is 12.9. The van der Waals surface area contributed by atoms with Crippen LogP contribution in [0, 0.1) is 5.92 Å². The van der Waals surface area contributed by atoms with E-state index in [1.807, 2.05) is 53.7 Å². The number of thiazole rings is 1. The molecule has 0 unspecified atom stereocenters. The number of sulfonamides is 1. The van der Waals surface area contributed by atoms with Crippen molar-refractivity contribution < 1.29 is 17.9 Å². The normalized spacial score (nSPS) is 18.2.